The maximum Gasteiger partial charge on any atom is 0.276 e. The lowest BCUT2D eigenvalue weighted by Crippen LogP contribution is -3.08. The van der Waals surface area contributed by atoms with Crippen molar-refractivity contribution >= 4 is 33.1 Å². The molecule has 0 saturated carbocycles. The molecule has 8 heteroatoms. The summed E-state index contributed by atoms with van der Waals surface area (Å²) in [5.41, 5.74) is 1.43. The number of hydrogen-bond donors (Lipinski definition) is 2. The van der Waals surface area contributed by atoms with Crippen molar-refractivity contribution in [2.75, 3.05) is 18.9 Å². The van der Waals surface area contributed by atoms with E-state index in [1.165, 1.54) is 15.8 Å². The van der Waals surface area contributed by atoms with Crippen LogP contribution in [0, 0.1) is 0 Å². The Morgan fingerprint density at radius 2 is 2.32 bits per heavy atom. The summed E-state index contributed by atoms with van der Waals surface area (Å²) in [4.78, 5) is 8.77. The molecule has 0 bridgehead atoms. The first-order valence-corrected chi connectivity index (χ1v) is 8.59. The van der Waals surface area contributed by atoms with Crippen molar-refractivity contribution in [3.8, 4) is 0 Å². The smallest absolute Gasteiger partial charge is 0.276 e. The highest BCUT2D eigenvalue weighted by atomic mass is 32.1. The van der Waals surface area contributed by atoms with Crippen molar-refractivity contribution in [1.29, 1.82) is 0 Å². The van der Waals surface area contributed by atoms with Gasteiger partial charge in [-0.2, -0.15) is 9.50 Å². The summed E-state index contributed by atoms with van der Waals surface area (Å²) in [5, 5.41) is 16.7. The first-order chi connectivity index (χ1) is 10.7. The molecular formula is C14H20N7S+. The largest absolute Gasteiger partial charge is 0.367 e. The third kappa shape index (κ3) is 2.05. The Bertz CT molecular complexity index is 837. The van der Waals surface area contributed by atoms with Crippen LogP contribution in [-0.4, -0.2) is 44.7 Å². The van der Waals surface area contributed by atoms with Gasteiger partial charge in [-0.3, -0.25) is 0 Å². The molecule has 0 amide bonds. The van der Waals surface area contributed by atoms with Gasteiger partial charge in [0.25, 0.3) is 5.78 Å². The predicted octanol–water partition coefficient (Wildman–Crippen LogP) is 0.515. The minimum atomic E-state index is 0.376. The normalized spacial score (nSPS) is 19.5. The highest BCUT2D eigenvalue weighted by Crippen LogP contribution is 2.36. The first-order valence-electron chi connectivity index (χ1n) is 7.77. The van der Waals surface area contributed by atoms with Crippen LogP contribution >= 0.6 is 11.3 Å². The minimum Gasteiger partial charge on any atom is -0.367 e. The van der Waals surface area contributed by atoms with Gasteiger partial charge < -0.3 is 10.2 Å². The SMILES string of the molecule is CC[C@H](C)Nc1nc2nnnn2c2sc3c(c12)CC[NH+](C)C3. The molecule has 0 spiro atoms. The van der Waals surface area contributed by atoms with E-state index >= 15 is 0 Å². The molecule has 4 rings (SSSR count). The first kappa shape index (κ1) is 13.8. The Morgan fingerprint density at radius 3 is 3.14 bits per heavy atom. The summed E-state index contributed by atoms with van der Waals surface area (Å²) >= 11 is 1.81. The molecule has 1 aliphatic heterocycles. The molecular weight excluding hydrogens is 298 g/mol. The molecule has 4 heterocycles. The Labute approximate surface area is 132 Å². The highest BCUT2D eigenvalue weighted by molar-refractivity contribution is 7.19. The molecule has 116 valence electrons. The minimum absolute atomic E-state index is 0.376. The molecule has 3 aromatic rings. The van der Waals surface area contributed by atoms with Crippen LogP contribution in [-0.2, 0) is 13.0 Å². The van der Waals surface area contributed by atoms with Crippen LogP contribution in [0.3, 0.4) is 0 Å². The van der Waals surface area contributed by atoms with Gasteiger partial charge in [0, 0.05) is 12.5 Å². The number of nitrogens with one attached hydrogen (secondary N) is 2. The summed E-state index contributed by atoms with van der Waals surface area (Å²) in [7, 11) is 2.25. The van der Waals surface area contributed by atoms with Gasteiger partial charge in [0.05, 0.1) is 23.9 Å². The third-order valence-corrected chi connectivity index (χ3v) is 5.63. The average Bonchev–Trinajstić information content (AvgIpc) is 3.10. The molecule has 0 radical (unpaired) electrons. The van der Waals surface area contributed by atoms with Gasteiger partial charge >= 0.3 is 0 Å². The van der Waals surface area contributed by atoms with Crippen molar-refractivity contribution in [2.24, 2.45) is 0 Å². The van der Waals surface area contributed by atoms with Crippen LogP contribution in [0.2, 0.25) is 0 Å². The monoisotopic (exact) mass is 318 g/mol. The summed E-state index contributed by atoms with van der Waals surface area (Å²) in [5.74, 6) is 1.50. The number of hydrogen-bond acceptors (Lipinski definition) is 6. The molecule has 7 nitrogen and oxygen atoms in total. The molecule has 22 heavy (non-hydrogen) atoms. The summed E-state index contributed by atoms with van der Waals surface area (Å²) < 4.78 is 1.77. The summed E-state index contributed by atoms with van der Waals surface area (Å²) in [6, 6.07) is 0.376. The zero-order chi connectivity index (χ0) is 15.3. The fourth-order valence-electron chi connectivity index (χ4n) is 2.98. The van der Waals surface area contributed by atoms with Gasteiger partial charge in [-0.1, -0.05) is 12.0 Å². The molecule has 0 aromatic carbocycles. The number of anilines is 1. The van der Waals surface area contributed by atoms with Crippen LogP contribution in [0.5, 0.6) is 0 Å². The number of aromatic nitrogens is 5. The fraction of sp³-hybridized carbons (Fsp3) is 0.571. The van der Waals surface area contributed by atoms with Crippen molar-refractivity contribution in [3.05, 3.63) is 10.4 Å². The second kappa shape index (κ2) is 5.13. The van der Waals surface area contributed by atoms with Gasteiger partial charge in [-0.05, 0) is 29.3 Å². The lowest BCUT2D eigenvalue weighted by molar-refractivity contribution is -0.895. The highest BCUT2D eigenvalue weighted by Gasteiger charge is 2.26. The maximum absolute atomic E-state index is 4.67. The van der Waals surface area contributed by atoms with Gasteiger partial charge in [0.15, 0.2) is 0 Å². The van der Waals surface area contributed by atoms with Gasteiger partial charge in [0.1, 0.15) is 17.2 Å². The number of quaternary nitrogens is 1. The van der Waals surface area contributed by atoms with Crippen molar-refractivity contribution in [1.82, 2.24) is 25.0 Å². The summed E-state index contributed by atoms with van der Waals surface area (Å²) in [6.07, 6.45) is 2.14. The molecule has 0 aliphatic carbocycles. The molecule has 1 aliphatic rings. The lowest BCUT2D eigenvalue weighted by Gasteiger charge is -2.20. The second-order valence-electron chi connectivity index (χ2n) is 6.12. The summed E-state index contributed by atoms with van der Waals surface area (Å²) in [6.45, 7) is 6.58. The van der Waals surface area contributed by atoms with E-state index in [0.29, 0.717) is 11.8 Å². The number of nitrogens with zero attached hydrogens (tertiary/aromatic N) is 5. The van der Waals surface area contributed by atoms with Crippen molar-refractivity contribution in [3.63, 3.8) is 0 Å². The lowest BCUT2D eigenvalue weighted by atomic mass is 10.1. The maximum atomic E-state index is 4.67. The quantitative estimate of drug-likeness (QED) is 0.736. The van der Waals surface area contributed by atoms with E-state index < -0.39 is 0 Å². The van der Waals surface area contributed by atoms with E-state index in [1.807, 2.05) is 0 Å². The van der Waals surface area contributed by atoms with Crippen LogP contribution in [0.1, 0.15) is 30.7 Å². The van der Waals surface area contributed by atoms with E-state index in [9.17, 15) is 0 Å². The molecule has 0 fully saturated rings. The Hall–Kier alpha value is -1.80. The van der Waals surface area contributed by atoms with Crippen molar-refractivity contribution in [2.45, 2.75) is 39.3 Å². The van der Waals surface area contributed by atoms with E-state index in [-0.39, 0.29) is 0 Å². The van der Waals surface area contributed by atoms with E-state index in [2.05, 4.69) is 46.7 Å². The van der Waals surface area contributed by atoms with E-state index in [0.717, 1.165) is 36.6 Å². The van der Waals surface area contributed by atoms with Crippen LogP contribution < -0.4 is 10.2 Å². The topological polar surface area (TPSA) is 72.4 Å². The van der Waals surface area contributed by atoms with Gasteiger partial charge in [-0.15, -0.1) is 11.3 Å². The standard InChI is InChI=1S/C14H19N7S/c1-4-8(2)15-12-11-9-5-6-20(3)7-10(9)22-13(11)21-14(16-12)17-18-19-21/h8H,4-7H2,1-3H3,(H,15,16,17,19)/p+1/t8-/m0/s1. The Kier molecular flexibility index (Phi) is 3.23. The molecule has 1 unspecified atom stereocenters. The molecule has 2 atom stereocenters. The number of fused-ring (bicyclic) bond motifs is 5. The average molecular weight is 318 g/mol. The zero-order valence-corrected chi connectivity index (χ0v) is 13.9. The molecule has 0 saturated heterocycles. The fourth-order valence-corrected chi connectivity index (χ4v) is 4.38. The Balaban J connectivity index is 1.99. The zero-order valence-electron chi connectivity index (χ0n) is 13.1. The van der Waals surface area contributed by atoms with E-state index in [4.69, 9.17) is 0 Å². The van der Waals surface area contributed by atoms with Gasteiger partial charge in [-0.25, -0.2) is 0 Å². The Morgan fingerprint density at radius 1 is 1.45 bits per heavy atom. The van der Waals surface area contributed by atoms with E-state index in [1.54, 1.807) is 20.8 Å². The predicted molar refractivity (Wildman–Crippen MR) is 86.5 cm³/mol. The molecule has 3 aromatic heterocycles. The number of tetrazole rings is 1. The van der Waals surface area contributed by atoms with Crippen LogP contribution in [0.25, 0.3) is 16.0 Å². The number of likely N-dealkylation sites (N-methyl/N-ethyl adjacent to an activating group) is 1. The van der Waals surface area contributed by atoms with Gasteiger partial charge in [0.2, 0.25) is 0 Å². The van der Waals surface area contributed by atoms with Crippen LogP contribution in [0.4, 0.5) is 5.82 Å². The third-order valence-electron chi connectivity index (χ3n) is 4.43. The van der Waals surface area contributed by atoms with Crippen molar-refractivity contribution < 1.29 is 4.90 Å². The molecule has 2 N–H and O–H groups in total. The van der Waals surface area contributed by atoms with Crippen LogP contribution in [0.15, 0.2) is 0 Å². The number of rotatable bonds is 3. The number of thiophene rings is 1. The second-order valence-corrected chi connectivity index (χ2v) is 7.21.